The smallest absolute Gasteiger partial charge is 0.323 e. The van der Waals surface area contributed by atoms with E-state index in [1.54, 1.807) is 101 Å². The molecule has 20 aromatic rings. The third-order valence-corrected chi connectivity index (χ3v) is 28.1. The van der Waals surface area contributed by atoms with Gasteiger partial charge < -0.3 is 48.4 Å². The first kappa shape index (κ1) is 94.4. The van der Waals surface area contributed by atoms with Gasteiger partial charge in [0, 0.05) is 140 Å². The number of halogens is 17. The third kappa shape index (κ3) is 17.1. The van der Waals surface area contributed by atoms with E-state index >= 15 is 0 Å². The number of para-hydroxylation sites is 1. The largest absolute Gasteiger partial charge is 0.480 e. The van der Waals surface area contributed by atoms with Crippen molar-refractivity contribution in [1.82, 2.24) is 47.8 Å². The highest BCUT2D eigenvalue weighted by Crippen LogP contribution is 2.49. The van der Waals surface area contributed by atoms with Crippen LogP contribution in [-0.4, -0.2) is 103 Å². The second kappa shape index (κ2) is 36.6. The van der Waals surface area contributed by atoms with Crippen LogP contribution in [0.15, 0.2) is 121 Å². The minimum absolute atomic E-state index is 0.0731. The summed E-state index contributed by atoms with van der Waals surface area (Å²) in [5, 5.41) is 51.9. The highest BCUT2D eigenvalue weighted by molar-refractivity contribution is 7.23. The lowest BCUT2D eigenvalue weighted by atomic mass is 10.1. The zero-order valence-corrected chi connectivity index (χ0v) is 75.9. The van der Waals surface area contributed by atoms with Crippen molar-refractivity contribution >= 4 is 215 Å². The van der Waals surface area contributed by atoms with E-state index < -0.39 is 123 Å². The summed E-state index contributed by atoms with van der Waals surface area (Å²) in [6.45, 7) is 12.8. The van der Waals surface area contributed by atoms with Crippen LogP contribution in [0.3, 0.4) is 0 Å². The summed E-state index contributed by atoms with van der Waals surface area (Å²) in [5.41, 5.74) is 9.83. The normalized spacial score (nSPS) is 11.6. The Labute approximate surface area is 778 Å². The summed E-state index contributed by atoms with van der Waals surface area (Å²) in [5.74, 6) is -22.1. The highest BCUT2D eigenvalue weighted by atomic mass is 35.5. The number of rotatable bonds is 15. The maximum Gasteiger partial charge on any atom is 0.323 e. The third-order valence-electron chi connectivity index (χ3n) is 22.3. The predicted octanol–water partition coefficient (Wildman–Crippen LogP) is 25.9. The Hall–Kier alpha value is -13.8. The molecule has 20 nitrogen and oxygen atoms in total. The van der Waals surface area contributed by atoms with Crippen LogP contribution in [0.5, 0.6) is 0 Å². The van der Waals surface area contributed by atoms with Crippen molar-refractivity contribution in [3.63, 3.8) is 0 Å². The summed E-state index contributed by atoms with van der Waals surface area (Å²) < 4.78 is 216. The molecule has 0 unspecified atom stereocenters. The van der Waals surface area contributed by atoms with E-state index in [0.29, 0.717) is 145 Å². The average molecular weight is 1990 g/mol. The Bertz CT molecular complexity index is 8140. The maximum absolute atomic E-state index is 14.1. The molecule has 10 aromatic heterocycles. The molecule has 690 valence electrons. The number of thiazole rings is 5. The second-order valence-electron chi connectivity index (χ2n) is 30.7. The van der Waals surface area contributed by atoms with Gasteiger partial charge in [-0.15, -0.1) is 56.7 Å². The number of carboxylic acids is 5. The number of benzene rings is 10. The molecular weight excluding hydrogens is 1930 g/mol. The van der Waals surface area contributed by atoms with Gasteiger partial charge in [-0.3, -0.25) is 24.0 Å². The minimum atomic E-state index is -1.31. The molecule has 10 heterocycles. The molecule has 20 rings (SSSR count). The molecule has 0 atom stereocenters. The fraction of sp³-hybridized carbons (Fsp3) is 0.140. The van der Waals surface area contributed by atoms with Crippen LogP contribution >= 0.6 is 79.9 Å². The molecular formula is C93H59Cl2F15N10O10S5. The molecule has 0 aliphatic rings. The molecule has 10 aromatic carbocycles. The molecule has 0 aliphatic carbocycles. The Morgan fingerprint density at radius 1 is 0.289 bits per heavy atom. The Morgan fingerprint density at radius 3 is 0.963 bits per heavy atom. The van der Waals surface area contributed by atoms with Crippen LogP contribution < -0.4 is 0 Å². The van der Waals surface area contributed by atoms with E-state index in [1.165, 1.54) is 4.57 Å². The second-order valence-corrected chi connectivity index (χ2v) is 36.6. The van der Waals surface area contributed by atoms with E-state index in [4.69, 9.17) is 23.2 Å². The predicted molar refractivity (Wildman–Crippen MR) is 488 cm³/mol. The number of hydrogen-bond donors (Lipinski definition) is 5. The SMILES string of the molecule is Cc1c(-c2nc3c(F)c(F)cc(F)c3s2)c2cc(Cl)ccc2n1CC(=O)O.Cc1c(-c2nc3c(F)c(F)cc(F)c3s2)c2ccc(Cl)cc2n1CC(=O)O.Cc1ccc2c(c1)c(-c1nc3c(F)c(F)cc(F)c3s1)c(C)n2CC(=O)O.Cc1cccc2c(-c3nc4c(F)c(F)cc(F)c4s3)c(C)n(CC(=O)O)c12.Cc1cccc2c1c(-c1nc3c(F)c(F)cc(F)c3s1)c(C)n2CC(=O)O. The van der Waals surface area contributed by atoms with Crippen molar-refractivity contribution in [3.8, 4) is 52.9 Å². The highest BCUT2D eigenvalue weighted by Gasteiger charge is 2.32. The van der Waals surface area contributed by atoms with Gasteiger partial charge in [0.15, 0.2) is 58.2 Å². The lowest BCUT2D eigenvalue weighted by Gasteiger charge is -2.06. The van der Waals surface area contributed by atoms with E-state index in [0.717, 1.165) is 95.0 Å². The van der Waals surface area contributed by atoms with Gasteiger partial charge in [0.25, 0.3) is 0 Å². The molecule has 0 spiro atoms. The maximum atomic E-state index is 14.1. The fourth-order valence-electron chi connectivity index (χ4n) is 16.4. The fourth-order valence-corrected chi connectivity index (χ4v) is 22.1. The van der Waals surface area contributed by atoms with Gasteiger partial charge in [0.2, 0.25) is 0 Å². The summed E-state index contributed by atoms with van der Waals surface area (Å²) in [7, 11) is 0. The first-order valence-electron chi connectivity index (χ1n) is 39.6. The first-order valence-corrected chi connectivity index (χ1v) is 44.4. The van der Waals surface area contributed by atoms with Gasteiger partial charge in [-0.25, -0.2) is 90.8 Å². The number of aromatic nitrogens is 10. The molecule has 0 aliphatic heterocycles. The first-order chi connectivity index (χ1) is 63.9. The van der Waals surface area contributed by atoms with Gasteiger partial charge in [-0.05, 0) is 115 Å². The Morgan fingerprint density at radius 2 is 0.578 bits per heavy atom. The number of carbonyl (C=O) groups is 5. The van der Waals surface area contributed by atoms with Crippen molar-refractivity contribution in [3.05, 3.63) is 264 Å². The molecule has 0 bridgehead atoms. The lowest BCUT2D eigenvalue weighted by Crippen LogP contribution is -2.10. The van der Waals surface area contributed by atoms with E-state index in [-0.39, 0.29) is 88.3 Å². The summed E-state index contributed by atoms with van der Waals surface area (Å²) in [6, 6.07) is 28.8. The molecule has 5 N–H and O–H groups in total. The van der Waals surface area contributed by atoms with Gasteiger partial charge in [0.05, 0.1) is 34.5 Å². The van der Waals surface area contributed by atoms with Crippen LogP contribution in [0.25, 0.3) is 158 Å². The molecule has 135 heavy (non-hydrogen) atoms. The summed E-state index contributed by atoms with van der Waals surface area (Å²) in [6.07, 6.45) is 0. The van der Waals surface area contributed by atoms with Gasteiger partial charge in [-0.1, -0.05) is 71.2 Å². The Kier molecular flexibility index (Phi) is 25.6. The number of carboxylic acid groups (broad SMARTS) is 5. The van der Waals surface area contributed by atoms with Gasteiger partial charge in [0.1, 0.15) is 114 Å². The van der Waals surface area contributed by atoms with Crippen molar-refractivity contribution in [2.24, 2.45) is 0 Å². The van der Waals surface area contributed by atoms with Crippen LogP contribution in [-0.2, 0) is 56.7 Å². The quantitative estimate of drug-likeness (QED) is 0.0471. The van der Waals surface area contributed by atoms with Crippen molar-refractivity contribution in [1.29, 1.82) is 0 Å². The summed E-state index contributed by atoms with van der Waals surface area (Å²) in [4.78, 5) is 77.0. The van der Waals surface area contributed by atoms with E-state index in [2.05, 4.69) is 24.9 Å². The zero-order chi connectivity index (χ0) is 97.3. The van der Waals surface area contributed by atoms with Gasteiger partial charge in [-0.2, -0.15) is 0 Å². The van der Waals surface area contributed by atoms with Crippen LogP contribution in [0.2, 0.25) is 10.0 Å². The van der Waals surface area contributed by atoms with Crippen LogP contribution in [0, 0.1) is 143 Å². The summed E-state index contributed by atoms with van der Waals surface area (Å²) >= 11 is 16.6. The molecule has 0 saturated carbocycles. The van der Waals surface area contributed by atoms with E-state index in [1.807, 2.05) is 63.2 Å². The Balaban J connectivity index is 0.000000123. The molecule has 0 amide bonds. The number of fused-ring (bicyclic) bond motifs is 10. The topological polar surface area (TPSA) is 276 Å². The average Bonchev–Trinajstić information content (AvgIpc) is 1.59. The zero-order valence-electron chi connectivity index (χ0n) is 70.3. The van der Waals surface area contributed by atoms with Crippen molar-refractivity contribution in [2.45, 2.75) is 88.1 Å². The molecule has 0 saturated heterocycles. The van der Waals surface area contributed by atoms with Gasteiger partial charge >= 0.3 is 29.8 Å². The number of aryl methyl sites for hydroxylation is 3. The number of nitrogens with zero attached hydrogens (tertiary/aromatic N) is 10. The van der Waals surface area contributed by atoms with E-state index in [9.17, 15) is 115 Å². The van der Waals surface area contributed by atoms with Crippen molar-refractivity contribution in [2.75, 3.05) is 0 Å². The number of aliphatic carboxylic acids is 5. The van der Waals surface area contributed by atoms with Crippen molar-refractivity contribution < 1.29 is 115 Å². The molecule has 0 fully saturated rings. The number of hydrogen-bond acceptors (Lipinski definition) is 15. The minimum Gasteiger partial charge on any atom is -0.480 e. The monoisotopic (exact) mass is 1990 g/mol. The standard InChI is InChI=1S/3C19H13F3N2O2S.2C18H10ClF3N2O2S/c1-8-3-4-13-10(5-8)15(9(2)24(13)7-14(25)26)19-23-17-16(22)11(20)6-12(21)18(17)27-19;1-8-4-3-5-12-14(8)15(9(2)24(12)7-13(25)26)19-23-17-16(22)10(20)6-11(21)18(17)27-19;1-8-4-3-5-10-14(9(2)24(17(8)10)7-13(25)26)19-23-16-15(22)11(20)6-12(21)18(16)27-19;1-7-14(9-4-8(19)2-3-12(9)24(7)6-13(25)26)18-23-16-15(22)10(20)5-11(21)17(16)27-18;1-7-14(9-3-2-8(19)4-12(9)24(7)6-13(25)26)18-23-16-15(22)10(20)5-11(21)17(16)27-18/h3*3-6H,7H2,1-2H3,(H,25,26);2*2-5H,6H2,1H3,(H,25,26). The molecule has 0 radical (unpaired) electrons. The molecule has 42 heteroatoms. The van der Waals surface area contributed by atoms with Crippen LogP contribution in [0.4, 0.5) is 65.9 Å². The lowest BCUT2D eigenvalue weighted by molar-refractivity contribution is -0.138. The van der Waals surface area contributed by atoms with Crippen LogP contribution in [0.1, 0.15) is 45.2 Å².